The lowest BCUT2D eigenvalue weighted by atomic mass is 9.79. The van der Waals surface area contributed by atoms with Gasteiger partial charge in [-0.2, -0.15) is 4.99 Å². The van der Waals surface area contributed by atoms with Crippen LogP contribution in [0.1, 0.15) is 84.6 Å². The molecule has 7 heteroatoms. The predicted molar refractivity (Wildman–Crippen MR) is 164 cm³/mol. The SMILES string of the molecule is CCCCCCOc1ccc(C(=N/C(=N\C)OC)/N=C/C2=CCC(CC(C)(C)CC3CC3C)=CC=C2Cl)cn1. The zero-order valence-electron chi connectivity index (χ0n) is 24.5. The van der Waals surface area contributed by atoms with Gasteiger partial charge in [0, 0.05) is 41.7 Å². The highest BCUT2D eigenvalue weighted by atomic mass is 35.5. The van der Waals surface area contributed by atoms with Gasteiger partial charge in [0.1, 0.15) is 0 Å². The van der Waals surface area contributed by atoms with Crippen LogP contribution in [-0.4, -0.2) is 43.8 Å². The van der Waals surface area contributed by atoms with Gasteiger partial charge in [0.25, 0.3) is 0 Å². The third kappa shape index (κ3) is 10.4. The number of nitrogens with zero attached hydrogens (tertiary/aromatic N) is 4. The van der Waals surface area contributed by atoms with E-state index in [-0.39, 0.29) is 11.4 Å². The lowest BCUT2D eigenvalue weighted by Crippen LogP contribution is -2.13. The van der Waals surface area contributed by atoms with E-state index in [9.17, 15) is 0 Å². The Bertz CT molecular complexity index is 1130. The fourth-order valence-corrected chi connectivity index (χ4v) is 5.09. The minimum atomic E-state index is 0.228. The van der Waals surface area contributed by atoms with Gasteiger partial charge < -0.3 is 9.47 Å². The number of aromatic nitrogens is 1. The van der Waals surface area contributed by atoms with Crippen LogP contribution < -0.4 is 4.74 Å². The van der Waals surface area contributed by atoms with Gasteiger partial charge in [-0.15, -0.1) is 0 Å². The van der Waals surface area contributed by atoms with Crippen molar-refractivity contribution < 1.29 is 9.47 Å². The smallest absolute Gasteiger partial charge is 0.313 e. The molecule has 1 aromatic heterocycles. The van der Waals surface area contributed by atoms with Crippen LogP contribution in [-0.2, 0) is 4.74 Å². The molecule has 0 aliphatic heterocycles. The first-order chi connectivity index (χ1) is 18.7. The number of hydrogen-bond donors (Lipinski definition) is 0. The summed E-state index contributed by atoms with van der Waals surface area (Å²) in [6.07, 6.45) is 18.9. The van der Waals surface area contributed by atoms with E-state index in [2.05, 4.69) is 54.8 Å². The van der Waals surface area contributed by atoms with Crippen LogP contribution in [0.25, 0.3) is 0 Å². The van der Waals surface area contributed by atoms with Crippen molar-refractivity contribution in [2.75, 3.05) is 20.8 Å². The van der Waals surface area contributed by atoms with Crippen molar-refractivity contribution in [3.8, 4) is 5.88 Å². The van der Waals surface area contributed by atoms with Crippen molar-refractivity contribution in [2.24, 2.45) is 32.2 Å². The molecule has 2 unspecified atom stereocenters. The van der Waals surface area contributed by atoms with Crippen LogP contribution in [0.15, 0.2) is 67.7 Å². The molecule has 2 atom stereocenters. The molecule has 0 spiro atoms. The van der Waals surface area contributed by atoms with E-state index in [0.717, 1.165) is 48.7 Å². The molecule has 0 amide bonds. The Morgan fingerprint density at radius 3 is 2.64 bits per heavy atom. The average molecular weight is 553 g/mol. The highest BCUT2D eigenvalue weighted by Gasteiger charge is 2.37. The maximum atomic E-state index is 6.67. The van der Waals surface area contributed by atoms with E-state index in [4.69, 9.17) is 26.1 Å². The molecule has 6 nitrogen and oxygen atoms in total. The number of rotatable bonds is 12. The van der Waals surface area contributed by atoms with Gasteiger partial charge in [-0.25, -0.2) is 15.0 Å². The second-order valence-corrected chi connectivity index (χ2v) is 11.8. The van der Waals surface area contributed by atoms with E-state index in [1.807, 2.05) is 18.2 Å². The normalized spacial score (nSPS) is 20.3. The molecule has 2 aliphatic carbocycles. The Labute approximate surface area is 240 Å². The van der Waals surface area contributed by atoms with E-state index in [0.29, 0.717) is 23.4 Å². The number of allylic oxidation sites excluding steroid dienone is 6. The molecule has 1 heterocycles. The maximum Gasteiger partial charge on any atom is 0.313 e. The van der Waals surface area contributed by atoms with Gasteiger partial charge in [0.2, 0.25) is 5.88 Å². The summed E-state index contributed by atoms with van der Waals surface area (Å²) in [5.74, 6) is 2.78. The van der Waals surface area contributed by atoms with Gasteiger partial charge >= 0.3 is 6.02 Å². The molecule has 212 valence electrons. The van der Waals surface area contributed by atoms with Gasteiger partial charge in [0.15, 0.2) is 5.84 Å². The number of halogens is 1. The molecule has 1 fully saturated rings. The van der Waals surface area contributed by atoms with Crippen molar-refractivity contribution in [2.45, 2.75) is 79.1 Å². The Morgan fingerprint density at radius 2 is 2.00 bits per heavy atom. The maximum absolute atomic E-state index is 6.67. The molecular weight excluding hydrogens is 508 g/mol. The number of unbranched alkanes of at least 4 members (excludes halogenated alkanes) is 3. The number of amidine groups is 2. The molecule has 0 saturated heterocycles. The van der Waals surface area contributed by atoms with Crippen molar-refractivity contribution in [3.05, 3.63) is 58.3 Å². The van der Waals surface area contributed by atoms with Crippen LogP contribution in [0, 0.1) is 17.3 Å². The monoisotopic (exact) mass is 552 g/mol. The summed E-state index contributed by atoms with van der Waals surface area (Å²) in [5, 5.41) is 0.655. The lowest BCUT2D eigenvalue weighted by molar-refractivity contribution is 0.294. The third-order valence-corrected chi connectivity index (χ3v) is 7.61. The molecule has 3 rings (SSSR count). The fraction of sp³-hybridized carbons (Fsp3) is 0.562. The summed E-state index contributed by atoms with van der Waals surface area (Å²) in [6.45, 7) is 9.97. The number of methoxy groups -OCH3 is 1. The van der Waals surface area contributed by atoms with Crippen LogP contribution >= 0.6 is 11.6 Å². The van der Waals surface area contributed by atoms with E-state index < -0.39 is 0 Å². The average Bonchev–Trinajstić information content (AvgIpc) is 3.64. The first kappa shape index (κ1) is 30.8. The zero-order chi connectivity index (χ0) is 28.3. The van der Waals surface area contributed by atoms with Crippen LogP contribution in [0.5, 0.6) is 5.88 Å². The quantitative estimate of drug-likeness (QED) is 0.149. The first-order valence-electron chi connectivity index (χ1n) is 14.2. The summed E-state index contributed by atoms with van der Waals surface area (Å²) in [4.78, 5) is 17.7. The Hall–Kier alpha value is -2.73. The molecule has 0 bridgehead atoms. The van der Waals surface area contributed by atoms with Gasteiger partial charge in [-0.05, 0) is 61.5 Å². The minimum absolute atomic E-state index is 0.228. The Morgan fingerprint density at radius 1 is 1.21 bits per heavy atom. The molecular formula is C32H45ClN4O2. The minimum Gasteiger partial charge on any atom is -0.478 e. The van der Waals surface area contributed by atoms with Crippen LogP contribution in [0.4, 0.5) is 0 Å². The highest BCUT2D eigenvalue weighted by Crippen LogP contribution is 2.47. The second kappa shape index (κ2) is 15.2. The standard InChI is InChI=1S/C32H45ClN4O2/c1-7-8-9-10-17-39-29-16-14-26(22-35-29)30(37-31(34-5)38-6)36-21-25-13-11-24(12-15-28(25)33)19-32(3,4)20-27-18-23(27)2/h12-16,21-23,27H,7-11,17-20H2,1-6H3/b34-31+,36-21+,37-30-. The largest absolute Gasteiger partial charge is 0.478 e. The number of pyridine rings is 1. The van der Waals surface area contributed by atoms with Crippen LogP contribution in [0.2, 0.25) is 0 Å². The molecule has 1 aromatic rings. The number of hydrogen-bond acceptors (Lipinski definition) is 4. The molecule has 1 saturated carbocycles. The summed E-state index contributed by atoms with van der Waals surface area (Å²) in [7, 11) is 3.16. The molecule has 0 aromatic carbocycles. The fourth-order valence-electron chi connectivity index (χ4n) is 4.90. The summed E-state index contributed by atoms with van der Waals surface area (Å²) < 4.78 is 11.1. The predicted octanol–water partition coefficient (Wildman–Crippen LogP) is 8.33. The van der Waals surface area contributed by atoms with Crippen LogP contribution in [0.3, 0.4) is 0 Å². The van der Waals surface area contributed by atoms with E-state index >= 15 is 0 Å². The second-order valence-electron chi connectivity index (χ2n) is 11.4. The summed E-state index contributed by atoms with van der Waals surface area (Å²) in [5.41, 5.74) is 3.25. The molecule has 2 aliphatic rings. The Kier molecular flexibility index (Phi) is 12.0. The van der Waals surface area contributed by atoms with E-state index in [1.54, 1.807) is 19.5 Å². The van der Waals surface area contributed by atoms with Gasteiger partial charge in [-0.3, -0.25) is 0 Å². The lowest BCUT2D eigenvalue weighted by Gasteiger charge is -2.26. The number of aliphatic imine (C=N–C) groups is 3. The summed E-state index contributed by atoms with van der Waals surface area (Å²) in [6, 6.07) is 3.97. The van der Waals surface area contributed by atoms with E-state index in [1.165, 1.54) is 38.4 Å². The topological polar surface area (TPSA) is 68.4 Å². The first-order valence-corrected chi connectivity index (χ1v) is 14.6. The number of ether oxygens (including phenoxy) is 2. The molecule has 39 heavy (non-hydrogen) atoms. The van der Waals surface area contributed by atoms with Gasteiger partial charge in [0.05, 0.1) is 13.7 Å². The summed E-state index contributed by atoms with van der Waals surface area (Å²) >= 11 is 6.67. The van der Waals surface area contributed by atoms with Gasteiger partial charge in [-0.1, -0.05) is 76.3 Å². The van der Waals surface area contributed by atoms with Crippen molar-refractivity contribution in [1.82, 2.24) is 4.98 Å². The van der Waals surface area contributed by atoms with Crippen molar-refractivity contribution >= 4 is 29.7 Å². The third-order valence-electron chi connectivity index (χ3n) is 7.27. The molecule has 0 radical (unpaired) electrons. The zero-order valence-corrected chi connectivity index (χ0v) is 25.3. The Balaban J connectivity index is 1.71. The van der Waals surface area contributed by atoms with Crippen molar-refractivity contribution in [1.29, 1.82) is 0 Å². The highest BCUT2D eigenvalue weighted by molar-refractivity contribution is 6.34. The molecule has 0 N–H and O–H groups in total. The van der Waals surface area contributed by atoms with Crippen molar-refractivity contribution in [3.63, 3.8) is 0 Å².